The highest BCUT2D eigenvalue weighted by molar-refractivity contribution is 6.31. The van der Waals surface area contributed by atoms with Gasteiger partial charge in [-0.25, -0.2) is 0 Å². The molecule has 2 aromatic rings. The van der Waals surface area contributed by atoms with Crippen molar-refractivity contribution in [2.45, 2.75) is 20.1 Å². The van der Waals surface area contributed by atoms with Gasteiger partial charge in [0.05, 0.1) is 0 Å². The lowest BCUT2D eigenvalue weighted by atomic mass is 10.2. The number of hydrogen-bond acceptors (Lipinski definition) is 2. The van der Waals surface area contributed by atoms with Gasteiger partial charge in [-0.2, -0.15) is 0 Å². The lowest BCUT2D eigenvalue weighted by Crippen LogP contribution is -2.37. The van der Waals surface area contributed by atoms with Crippen LogP contribution in [0.3, 0.4) is 0 Å². The zero-order valence-corrected chi connectivity index (χ0v) is 13.0. The summed E-state index contributed by atoms with van der Waals surface area (Å²) in [4.78, 5) is 2.14. The first-order valence-corrected chi connectivity index (χ1v) is 7.30. The Hall–Kier alpha value is -1.38. The van der Waals surface area contributed by atoms with Crippen LogP contribution in [0.2, 0.25) is 10.0 Å². The highest BCUT2D eigenvalue weighted by atomic mass is 35.5. The summed E-state index contributed by atoms with van der Waals surface area (Å²) in [6, 6.07) is 15.1. The first-order valence-electron chi connectivity index (χ1n) is 6.54. The third-order valence-corrected chi connectivity index (χ3v) is 3.53. The molecule has 106 valence electrons. The molecule has 0 aliphatic carbocycles. The van der Waals surface area contributed by atoms with E-state index in [9.17, 15) is 0 Å². The van der Waals surface area contributed by atoms with Gasteiger partial charge in [-0.05, 0) is 56.3 Å². The largest absolute Gasteiger partial charge is 0.471 e. The summed E-state index contributed by atoms with van der Waals surface area (Å²) < 4.78 is 5.94. The average molecular weight is 310 g/mol. The van der Waals surface area contributed by atoms with E-state index in [4.69, 9.17) is 27.9 Å². The SMILES string of the molecule is CCN(c1cccc(Cl)c1)C(C)Oc1ccc(Cl)cc1. The molecule has 0 heterocycles. The topological polar surface area (TPSA) is 12.5 Å². The first-order chi connectivity index (χ1) is 9.60. The number of benzene rings is 2. The molecule has 0 fully saturated rings. The first kappa shape index (κ1) is 15.0. The third-order valence-electron chi connectivity index (χ3n) is 3.04. The Morgan fingerprint density at radius 2 is 1.75 bits per heavy atom. The standard InChI is InChI=1S/C16H17Cl2NO/c1-3-19(15-6-4-5-14(18)11-15)12(2)20-16-9-7-13(17)8-10-16/h4-12H,3H2,1-2H3. The van der Waals surface area contributed by atoms with Crippen LogP contribution in [-0.2, 0) is 0 Å². The fourth-order valence-corrected chi connectivity index (χ4v) is 2.39. The minimum absolute atomic E-state index is 0.0976. The number of nitrogens with zero attached hydrogens (tertiary/aromatic N) is 1. The molecule has 0 radical (unpaired) electrons. The van der Waals surface area contributed by atoms with Gasteiger partial charge in [0.25, 0.3) is 0 Å². The van der Waals surface area contributed by atoms with Crippen molar-refractivity contribution >= 4 is 28.9 Å². The molecule has 1 unspecified atom stereocenters. The van der Waals surface area contributed by atoms with E-state index in [0.29, 0.717) is 5.02 Å². The van der Waals surface area contributed by atoms with Gasteiger partial charge in [0.2, 0.25) is 0 Å². The van der Waals surface area contributed by atoms with Crippen LogP contribution >= 0.6 is 23.2 Å². The maximum absolute atomic E-state index is 6.05. The Morgan fingerprint density at radius 3 is 2.35 bits per heavy atom. The Labute approximate surface area is 129 Å². The molecular weight excluding hydrogens is 293 g/mol. The van der Waals surface area contributed by atoms with Gasteiger partial charge in [-0.1, -0.05) is 29.3 Å². The lowest BCUT2D eigenvalue weighted by molar-refractivity contribution is 0.216. The minimum atomic E-state index is -0.0976. The predicted octanol–water partition coefficient (Wildman–Crippen LogP) is 5.24. The van der Waals surface area contributed by atoms with E-state index < -0.39 is 0 Å². The van der Waals surface area contributed by atoms with Crippen LogP contribution in [0.15, 0.2) is 48.5 Å². The molecule has 0 bridgehead atoms. The number of halogens is 2. The molecule has 20 heavy (non-hydrogen) atoms. The van der Waals surface area contributed by atoms with Gasteiger partial charge in [-0.15, -0.1) is 0 Å². The number of anilines is 1. The monoisotopic (exact) mass is 309 g/mol. The highest BCUT2D eigenvalue weighted by Crippen LogP contribution is 2.23. The number of ether oxygens (including phenoxy) is 1. The fraction of sp³-hybridized carbons (Fsp3) is 0.250. The van der Waals surface area contributed by atoms with Crippen LogP contribution in [0.5, 0.6) is 5.75 Å². The highest BCUT2D eigenvalue weighted by Gasteiger charge is 2.14. The minimum Gasteiger partial charge on any atom is -0.471 e. The van der Waals surface area contributed by atoms with Crippen LogP contribution in [0.4, 0.5) is 5.69 Å². The summed E-state index contributed by atoms with van der Waals surface area (Å²) in [6.07, 6.45) is -0.0976. The molecule has 0 aliphatic heterocycles. The number of rotatable bonds is 5. The Bertz CT molecular complexity index is 557. The van der Waals surface area contributed by atoms with Gasteiger partial charge in [0.1, 0.15) is 5.75 Å². The third kappa shape index (κ3) is 3.81. The lowest BCUT2D eigenvalue weighted by Gasteiger charge is -2.30. The van der Waals surface area contributed by atoms with Crippen LogP contribution < -0.4 is 9.64 Å². The quantitative estimate of drug-likeness (QED) is 0.700. The number of hydrogen-bond donors (Lipinski definition) is 0. The summed E-state index contributed by atoms with van der Waals surface area (Å²) in [5, 5.41) is 1.42. The molecule has 2 aromatic carbocycles. The van der Waals surface area contributed by atoms with Crippen LogP contribution in [0, 0.1) is 0 Å². The molecule has 2 rings (SSSR count). The van der Waals surface area contributed by atoms with Crippen molar-refractivity contribution in [3.05, 3.63) is 58.6 Å². The smallest absolute Gasteiger partial charge is 0.169 e. The van der Waals surface area contributed by atoms with Crippen molar-refractivity contribution in [1.82, 2.24) is 0 Å². The van der Waals surface area contributed by atoms with Crippen molar-refractivity contribution in [3.8, 4) is 5.75 Å². The maximum Gasteiger partial charge on any atom is 0.169 e. The van der Waals surface area contributed by atoms with Crippen molar-refractivity contribution in [2.75, 3.05) is 11.4 Å². The molecule has 0 spiro atoms. The Morgan fingerprint density at radius 1 is 1.05 bits per heavy atom. The van der Waals surface area contributed by atoms with E-state index in [-0.39, 0.29) is 6.23 Å². The fourth-order valence-electron chi connectivity index (χ4n) is 2.08. The van der Waals surface area contributed by atoms with Gasteiger partial charge >= 0.3 is 0 Å². The van der Waals surface area contributed by atoms with E-state index in [1.165, 1.54) is 0 Å². The summed E-state index contributed by atoms with van der Waals surface area (Å²) in [6.45, 7) is 4.93. The molecule has 2 nitrogen and oxygen atoms in total. The summed E-state index contributed by atoms with van der Waals surface area (Å²) in [5.41, 5.74) is 1.04. The molecule has 0 aromatic heterocycles. The van der Waals surface area contributed by atoms with Crippen molar-refractivity contribution in [1.29, 1.82) is 0 Å². The van der Waals surface area contributed by atoms with E-state index in [1.807, 2.05) is 55.5 Å². The van der Waals surface area contributed by atoms with Gasteiger partial charge < -0.3 is 9.64 Å². The van der Waals surface area contributed by atoms with E-state index in [1.54, 1.807) is 0 Å². The molecule has 0 saturated carbocycles. The molecule has 0 saturated heterocycles. The zero-order chi connectivity index (χ0) is 14.5. The molecule has 0 N–H and O–H groups in total. The second kappa shape index (κ2) is 6.87. The van der Waals surface area contributed by atoms with Crippen LogP contribution in [-0.4, -0.2) is 12.8 Å². The second-order valence-electron chi connectivity index (χ2n) is 4.44. The van der Waals surface area contributed by atoms with E-state index in [0.717, 1.165) is 23.0 Å². The van der Waals surface area contributed by atoms with Gasteiger partial charge in [0, 0.05) is 22.3 Å². The molecular formula is C16H17Cl2NO. The molecule has 1 atom stereocenters. The summed E-state index contributed by atoms with van der Waals surface area (Å²) in [5.74, 6) is 0.794. The predicted molar refractivity (Wildman–Crippen MR) is 86.0 cm³/mol. The van der Waals surface area contributed by atoms with Crippen LogP contribution in [0.25, 0.3) is 0 Å². The zero-order valence-electron chi connectivity index (χ0n) is 11.5. The Balaban J connectivity index is 2.13. The normalized spacial score (nSPS) is 12.0. The van der Waals surface area contributed by atoms with Gasteiger partial charge in [0.15, 0.2) is 6.23 Å². The second-order valence-corrected chi connectivity index (χ2v) is 5.31. The van der Waals surface area contributed by atoms with E-state index >= 15 is 0 Å². The molecule has 0 aliphatic rings. The van der Waals surface area contributed by atoms with E-state index in [2.05, 4.69) is 11.8 Å². The van der Waals surface area contributed by atoms with Gasteiger partial charge in [-0.3, -0.25) is 0 Å². The van der Waals surface area contributed by atoms with Crippen molar-refractivity contribution in [3.63, 3.8) is 0 Å². The van der Waals surface area contributed by atoms with Crippen LogP contribution in [0.1, 0.15) is 13.8 Å². The summed E-state index contributed by atoms with van der Waals surface area (Å²) in [7, 11) is 0. The Kier molecular flexibility index (Phi) is 5.16. The molecule has 0 amide bonds. The summed E-state index contributed by atoms with van der Waals surface area (Å²) >= 11 is 11.9. The molecule has 4 heteroatoms. The average Bonchev–Trinajstić information content (AvgIpc) is 2.42. The maximum atomic E-state index is 6.05. The van der Waals surface area contributed by atoms with Crippen molar-refractivity contribution in [2.24, 2.45) is 0 Å². The van der Waals surface area contributed by atoms with Crippen molar-refractivity contribution < 1.29 is 4.74 Å².